The van der Waals surface area contributed by atoms with E-state index in [1.807, 2.05) is 12.1 Å². The molecule has 118 valence electrons. The van der Waals surface area contributed by atoms with E-state index in [1.165, 1.54) is 12.5 Å². The standard InChI is InChI=1S/C15H19N3O3S/c1-22(20,21)14-9-16-17-15(14)13-3-2-8-18(13)10-11-4-6-12(19)7-5-11/h4-7,9,13,19H,2-3,8,10H2,1H3,(H,16,17). The summed E-state index contributed by atoms with van der Waals surface area (Å²) in [7, 11) is -3.28. The fraction of sp³-hybridized carbons (Fsp3) is 0.400. The molecule has 1 aromatic carbocycles. The normalized spacial score (nSPS) is 19.6. The summed E-state index contributed by atoms with van der Waals surface area (Å²) in [5.41, 5.74) is 1.77. The van der Waals surface area contributed by atoms with Crippen molar-refractivity contribution in [3.8, 4) is 5.75 Å². The van der Waals surface area contributed by atoms with Crippen LogP contribution in [0.1, 0.15) is 30.1 Å². The zero-order chi connectivity index (χ0) is 15.7. The minimum absolute atomic E-state index is 0.0287. The zero-order valence-corrected chi connectivity index (χ0v) is 13.2. The number of sulfone groups is 1. The Hall–Kier alpha value is -1.86. The van der Waals surface area contributed by atoms with Gasteiger partial charge in [0.1, 0.15) is 10.6 Å². The number of benzene rings is 1. The third-order valence-electron chi connectivity index (χ3n) is 4.05. The predicted molar refractivity (Wildman–Crippen MR) is 82.2 cm³/mol. The lowest BCUT2D eigenvalue weighted by molar-refractivity contribution is 0.241. The molecular weight excluding hydrogens is 302 g/mol. The molecule has 0 aliphatic carbocycles. The van der Waals surface area contributed by atoms with E-state index < -0.39 is 9.84 Å². The number of likely N-dealkylation sites (tertiary alicyclic amines) is 1. The fourth-order valence-corrected chi connectivity index (χ4v) is 3.82. The number of phenols is 1. The molecule has 7 heteroatoms. The Morgan fingerprint density at radius 2 is 2.09 bits per heavy atom. The second-order valence-corrected chi connectivity index (χ2v) is 7.70. The molecule has 0 saturated carbocycles. The van der Waals surface area contributed by atoms with Crippen molar-refractivity contribution in [2.24, 2.45) is 0 Å². The van der Waals surface area contributed by atoms with Crippen LogP contribution in [-0.2, 0) is 16.4 Å². The number of rotatable bonds is 4. The zero-order valence-electron chi connectivity index (χ0n) is 12.4. The molecule has 1 saturated heterocycles. The Morgan fingerprint density at radius 1 is 1.36 bits per heavy atom. The Morgan fingerprint density at radius 3 is 2.77 bits per heavy atom. The summed E-state index contributed by atoms with van der Waals surface area (Å²) in [5.74, 6) is 0.245. The van der Waals surface area contributed by atoms with Gasteiger partial charge in [0.2, 0.25) is 0 Å². The van der Waals surface area contributed by atoms with Crippen LogP contribution in [0.5, 0.6) is 5.75 Å². The predicted octanol–water partition coefficient (Wildman–Crippen LogP) is 1.86. The highest BCUT2D eigenvalue weighted by Gasteiger charge is 2.31. The van der Waals surface area contributed by atoms with Crippen LogP contribution in [0.25, 0.3) is 0 Å². The molecule has 2 aromatic rings. The monoisotopic (exact) mass is 321 g/mol. The minimum Gasteiger partial charge on any atom is -0.508 e. The minimum atomic E-state index is -3.28. The van der Waals surface area contributed by atoms with E-state index in [4.69, 9.17) is 0 Å². The Labute approximate surface area is 129 Å². The number of hydrogen-bond acceptors (Lipinski definition) is 5. The Kier molecular flexibility index (Phi) is 3.92. The molecular formula is C15H19N3O3S. The molecule has 1 atom stereocenters. The van der Waals surface area contributed by atoms with Crippen molar-refractivity contribution in [2.75, 3.05) is 12.8 Å². The van der Waals surface area contributed by atoms with E-state index in [1.54, 1.807) is 12.1 Å². The van der Waals surface area contributed by atoms with Gasteiger partial charge in [0.05, 0.1) is 17.9 Å². The summed E-state index contributed by atoms with van der Waals surface area (Å²) in [6.45, 7) is 1.63. The van der Waals surface area contributed by atoms with E-state index in [2.05, 4.69) is 15.1 Å². The Balaban J connectivity index is 1.85. The quantitative estimate of drug-likeness (QED) is 0.897. The van der Waals surface area contributed by atoms with Crippen molar-refractivity contribution in [1.29, 1.82) is 0 Å². The van der Waals surface area contributed by atoms with Crippen LogP contribution >= 0.6 is 0 Å². The van der Waals surface area contributed by atoms with Crippen LogP contribution in [0, 0.1) is 0 Å². The number of H-pyrrole nitrogens is 1. The lowest BCUT2D eigenvalue weighted by Gasteiger charge is -2.24. The molecule has 1 aliphatic rings. The second kappa shape index (κ2) is 5.73. The maximum absolute atomic E-state index is 11.9. The number of hydrogen-bond donors (Lipinski definition) is 2. The molecule has 1 aliphatic heterocycles. The maximum Gasteiger partial charge on any atom is 0.178 e. The highest BCUT2D eigenvalue weighted by molar-refractivity contribution is 7.90. The van der Waals surface area contributed by atoms with Gasteiger partial charge in [0.25, 0.3) is 0 Å². The number of nitrogens with one attached hydrogen (secondary N) is 1. The molecule has 1 unspecified atom stereocenters. The van der Waals surface area contributed by atoms with Gasteiger partial charge in [-0.15, -0.1) is 0 Å². The summed E-state index contributed by atoms with van der Waals surface area (Å²) < 4.78 is 23.7. The van der Waals surface area contributed by atoms with Crippen molar-refractivity contribution < 1.29 is 13.5 Å². The molecule has 6 nitrogen and oxygen atoms in total. The summed E-state index contributed by atoms with van der Waals surface area (Å²) in [4.78, 5) is 2.53. The number of phenolic OH excluding ortho intramolecular Hbond substituents is 1. The van der Waals surface area contributed by atoms with E-state index in [0.717, 1.165) is 24.9 Å². The molecule has 22 heavy (non-hydrogen) atoms. The van der Waals surface area contributed by atoms with Gasteiger partial charge in [-0.25, -0.2) is 8.42 Å². The van der Waals surface area contributed by atoms with Crippen molar-refractivity contribution in [3.05, 3.63) is 41.7 Å². The average Bonchev–Trinajstić information content (AvgIpc) is 3.08. The largest absolute Gasteiger partial charge is 0.508 e. The molecule has 1 aromatic heterocycles. The highest BCUT2D eigenvalue weighted by atomic mass is 32.2. The summed E-state index contributed by atoms with van der Waals surface area (Å²) in [5, 5.41) is 16.1. The summed E-state index contributed by atoms with van der Waals surface area (Å²) in [6.07, 6.45) is 4.52. The first kappa shape index (κ1) is 15.1. The molecule has 3 rings (SSSR count). The first-order valence-corrected chi connectivity index (χ1v) is 9.09. The lowest BCUT2D eigenvalue weighted by atomic mass is 10.1. The summed E-state index contributed by atoms with van der Waals surface area (Å²) in [6, 6.07) is 7.13. The number of aromatic hydroxyl groups is 1. The van der Waals surface area contributed by atoms with Crippen LogP contribution in [0.3, 0.4) is 0 Å². The van der Waals surface area contributed by atoms with Gasteiger partial charge in [-0.1, -0.05) is 12.1 Å². The van der Waals surface area contributed by atoms with Gasteiger partial charge >= 0.3 is 0 Å². The van der Waals surface area contributed by atoms with Gasteiger partial charge < -0.3 is 5.11 Å². The summed E-state index contributed by atoms with van der Waals surface area (Å²) >= 11 is 0. The van der Waals surface area contributed by atoms with E-state index in [9.17, 15) is 13.5 Å². The lowest BCUT2D eigenvalue weighted by Crippen LogP contribution is -2.24. The van der Waals surface area contributed by atoms with Gasteiger partial charge in [-0.3, -0.25) is 10.00 Å². The molecule has 2 heterocycles. The SMILES string of the molecule is CS(=O)(=O)c1cn[nH]c1C1CCCN1Cc1ccc(O)cc1. The Bertz CT molecular complexity index is 753. The molecule has 0 bridgehead atoms. The van der Waals surface area contributed by atoms with Crippen LogP contribution < -0.4 is 0 Å². The van der Waals surface area contributed by atoms with Crippen molar-refractivity contribution in [3.63, 3.8) is 0 Å². The van der Waals surface area contributed by atoms with Crippen LogP contribution in [0.2, 0.25) is 0 Å². The van der Waals surface area contributed by atoms with Gasteiger partial charge in [0.15, 0.2) is 9.84 Å². The number of aromatic amines is 1. The third-order valence-corrected chi connectivity index (χ3v) is 5.17. The number of nitrogens with zero attached hydrogens (tertiary/aromatic N) is 2. The van der Waals surface area contributed by atoms with Crippen LogP contribution in [-0.4, -0.2) is 41.4 Å². The highest BCUT2D eigenvalue weighted by Crippen LogP contribution is 2.35. The maximum atomic E-state index is 11.9. The van der Waals surface area contributed by atoms with Gasteiger partial charge in [-0.05, 0) is 37.1 Å². The van der Waals surface area contributed by atoms with Gasteiger partial charge in [-0.2, -0.15) is 5.10 Å². The van der Waals surface area contributed by atoms with Crippen molar-refractivity contribution in [2.45, 2.75) is 30.3 Å². The van der Waals surface area contributed by atoms with Crippen LogP contribution in [0.4, 0.5) is 0 Å². The van der Waals surface area contributed by atoms with Crippen molar-refractivity contribution in [1.82, 2.24) is 15.1 Å². The smallest absolute Gasteiger partial charge is 0.178 e. The first-order chi connectivity index (χ1) is 10.4. The third kappa shape index (κ3) is 3.00. The molecule has 0 amide bonds. The molecule has 1 fully saturated rings. The van der Waals surface area contributed by atoms with E-state index in [-0.39, 0.29) is 16.7 Å². The molecule has 0 spiro atoms. The van der Waals surface area contributed by atoms with Gasteiger partial charge in [0, 0.05) is 12.8 Å². The van der Waals surface area contributed by atoms with Crippen LogP contribution in [0.15, 0.2) is 35.4 Å². The average molecular weight is 321 g/mol. The first-order valence-electron chi connectivity index (χ1n) is 7.20. The molecule has 0 radical (unpaired) electrons. The fourth-order valence-electron chi connectivity index (χ4n) is 3.00. The topological polar surface area (TPSA) is 86.3 Å². The van der Waals surface area contributed by atoms with Crippen molar-refractivity contribution >= 4 is 9.84 Å². The number of aromatic nitrogens is 2. The van der Waals surface area contributed by atoms with E-state index in [0.29, 0.717) is 12.2 Å². The second-order valence-electron chi connectivity index (χ2n) is 5.72. The van der Waals surface area contributed by atoms with E-state index >= 15 is 0 Å². The molecule has 2 N–H and O–H groups in total.